The number of unbranched alkanes of at least 4 members (excludes halogenated alkanes) is 1. The molecule has 1 unspecified atom stereocenters. The zero-order chi connectivity index (χ0) is 15.2. The van der Waals surface area contributed by atoms with Gasteiger partial charge in [-0.3, -0.25) is 4.79 Å². The van der Waals surface area contributed by atoms with Crippen LogP contribution in [0.25, 0.3) is 0 Å². The third-order valence-electron chi connectivity index (χ3n) is 2.89. The molecule has 0 bridgehead atoms. The van der Waals surface area contributed by atoms with Crippen LogP contribution in [0.3, 0.4) is 0 Å². The van der Waals surface area contributed by atoms with Crippen molar-refractivity contribution in [3.05, 3.63) is 29.8 Å². The van der Waals surface area contributed by atoms with E-state index in [4.69, 9.17) is 5.73 Å². The predicted octanol–water partition coefficient (Wildman–Crippen LogP) is 3.12. The summed E-state index contributed by atoms with van der Waals surface area (Å²) in [6.45, 7) is 1.62. The lowest BCUT2D eigenvalue weighted by atomic mass is 9.97. The van der Waals surface area contributed by atoms with Gasteiger partial charge in [-0.15, -0.1) is 11.8 Å². The topological polar surface area (TPSA) is 52.3 Å². The van der Waals surface area contributed by atoms with Crippen LogP contribution in [0, 0.1) is 11.6 Å². The maximum absolute atomic E-state index is 13.4. The van der Waals surface area contributed by atoms with Crippen LogP contribution in [0.5, 0.6) is 0 Å². The Morgan fingerprint density at radius 1 is 1.40 bits per heavy atom. The summed E-state index contributed by atoms with van der Waals surface area (Å²) in [6.07, 6.45) is 1.96. The molecule has 0 spiro atoms. The number of halogens is 2. The molecule has 112 valence electrons. The minimum absolute atomic E-state index is 0.300. The predicted molar refractivity (Wildman–Crippen MR) is 75.5 cm³/mol. The number of nitrogens with two attached hydrogens (primary N) is 1. The first-order valence-electron chi connectivity index (χ1n) is 6.32. The fourth-order valence-electron chi connectivity index (χ4n) is 1.70. The van der Waals surface area contributed by atoms with Gasteiger partial charge in [0.2, 0.25) is 0 Å². The first-order chi connectivity index (χ1) is 9.36. The zero-order valence-corrected chi connectivity index (χ0v) is 12.4. The molecule has 0 aromatic heterocycles. The molecule has 6 heteroatoms. The van der Waals surface area contributed by atoms with Crippen LogP contribution in [-0.2, 0) is 9.53 Å². The van der Waals surface area contributed by atoms with Crippen LogP contribution >= 0.6 is 11.8 Å². The molecule has 0 aliphatic heterocycles. The maximum Gasteiger partial charge on any atom is 0.325 e. The summed E-state index contributed by atoms with van der Waals surface area (Å²) >= 11 is 1.25. The van der Waals surface area contributed by atoms with Crippen molar-refractivity contribution in [1.29, 1.82) is 0 Å². The Morgan fingerprint density at radius 3 is 2.75 bits per heavy atom. The first-order valence-corrected chi connectivity index (χ1v) is 7.30. The number of methoxy groups -OCH3 is 1. The van der Waals surface area contributed by atoms with Gasteiger partial charge < -0.3 is 10.5 Å². The van der Waals surface area contributed by atoms with Gasteiger partial charge in [-0.25, -0.2) is 8.78 Å². The zero-order valence-electron chi connectivity index (χ0n) is 11.6. The number of esters is 1. The molecule has 0 saturated carbocycles. The molecule has 1 rings (SSSR count). The van der Waals surface area contributed by atoms with Crippen LogP contribution in [0.1, 0.15) is 26.2 Å². The van der Waals surface area contributed by atoms with Crippen molar-refractivity contribution in [3.63, 3.8) is 0 Å². The van der Waals surface area contributed by atoms with Gasteiger partial charge >= 0.3 is 5.97 Å². The van der Waals surface area contributed by atoms with E-state index in [0.717, 1.165) is 18.6 Å². The second-order valence-electron chi connectivity index (χ2n) is 4.79. The summed E-state index contributed by atoms with van der Waals surface area (Å²) in [6, 6.07) is 3.39. The van der Waals surface area contributed by atoms with Crippen LogP contribution < -0.4 is 5.73 Å². The van der Waals surface area contributed by atoms with Gasteiger partial charge in [0.25, 0.3) is 0 Å². The molecule has 0 amide bonds. The average molecular weight is 303 g/mol. The molecule has 0 aliphatic carbocycles. The summed E-state index contributed by atoms with van der Waals surface area (Å²) in [4.78, 5) is 11.7. The largest absolute Gasteiger partial charge is 0.468 e. The van der Waals surface area contributed by atoms with Crippen LogP contribution in [0.15, 0.2) is 23.1 Å². The van der Waals surface area contributed by atoms with Gasteiger partial charge in [-0.2, -0.15) is 0 Å². The molecular formula is C14H19F2NO2S. The van der Waals surface area contributed by atoms with E-state index in [9.17, 15) is 13.6 Å². The second kappa shape index (κ2) is 7.59. The Balaban J connectivity index is 2.32. The van der Waals surface area contributed by atoms with Crippen molar-refractivity contribution >= 4 is 17.7 Å². The highest BCUT2D eigenvalue weighted by molar-refractivity contribution is 7.99. The summed E-state index contributed by atoms with van der Waals surface area (Å²) in [5.74, 6) is -0.678. The maximum atomic E-state index is 13.4. The molecule has 1 aromatic carbocycles. The van der Waals surface area contributed by atoms with E-state index in [1.807, 2.05) is 0 Å². The molecule has 0 radical (unpaired) electrons. The van der Waals surface area contributed by atoms with E-state index in [-0.39, 0.29) is 0 Å². The van der Waals surface area contributed by atoms with Gasteiger partial charge in [0.15, 0.2) is 0 Å². The molecule has 0 heterocycles. The lowest BCUT2D eigenvalue weighted by Crippen LogP contribution is -2.45. The number of benzene rings is 1. The normalized spacial score (nSPS) is 13.8. The fraction of sp³-hybridized carbons (Fsp3) is 0.500. The number of hydrogen-bond acceptors (Lipinski definition) is 4. The van der Waals surface area contributed by atoms with Crippen molar-refractivity contribution in [2.75, 3.05) is 12.9 Å². The van der Waals surface area contributed by atoms with E-state index in [0.29, 0.717) is 23.5 Å². The lowest BCUT2D eigenvalue weighted by Gasteiger charge is -2.20. The third kappa shape index (κ3) is 5.09. The number of ether oxygens (including phenoxy) is 1. The van der Waals surface area contributed by atoms with Crippen molar-refractivity contribution in [2.45, 2.75) is 36.6 Å². The number of carbonyl (C=O) groups is 1. The van der Waals surface area contributed by atoms with Gasteiger partial charge in [0, 0.05) is 4.90 Å². The highest BCUT2D eigenvalue weighted by Gasteiger charge is 2.28. The minimum Gasteiger partial charge on any atom is -0.468 e. The molecule has 1 aromatic rings. The van der Waals surface area contributed by atoms with Gasteiger partial charge in [-0.1, -0.05) is 6.42 Å². The number of thioether (sulfide) groups is 1. The highest BCUT2D eigenvalue weighted by atomic mass is 32.2. The van der Waals surface area contributed by atoms with Crippen molar-refractivity contribution in [3.8, 4) is 0 Å². The fourth-order valence-corrected chi connectivity index (χ4v) is 2.67. The van der Waals surface area contributed by atoms with E-state index < -0.39 is 23.1 Å². The lowest BCUT2D eigenvalue weighted by molar-refractivity contribution is -0.146. The smallest absolute Gasteiger partial charge is 0.325 e. The second-order valence-corrected chi connectivity index (χ2v) is 5.93. The summed E-state index contributed by atoms with van der Waals surface area (Å²) in [5.41, 5.74) is 4.82. The monoisotopic (exact) mass is 303 g/mol. The molecule has 20 heavy (non-hydrogen) atoms. The highest BCUT2D eigenvalue weighted by Crippen LogP contribution is 2.24. The molecule has 0 saturated heterocycles. The Kier molecular flexibility index (Phi) is 6.42. The van der Waals surface area contributed by atoms with Gasteiger partial charge in [0.05, 0.1) is 7.11 Å². The molecule has 2 N–H and O–H groups in total. The Bertz CT molecular complexity index is 466. The summed E-state index contributed by atoms with van der Waals surface area (Å²) < 4.78 is 30.9. The van der Waals surface area contributed by atoms with E-state index >= 15 is 0 Å². The Labute approximate surface area is 121 Å². The first kappa shape index (κ1) is 16.9. The standard InChI is InChI=1S/C14H19F2NO2S/c1-14(17,13(18)19-2)7-3-4-8-20-12-9-10(15)5-6-11(12)16/h5-6,9H,3-4,7-8,17H2,1-2H3. The Hall–Kier alpha value is -1.14. The Morgan fingerprint density at radius 2 is 2.10 bits per heavy atom. The van der Waals surface area contributed by atoms with E-state index in [1.54, 1.807) is 6.92 Å². The van der Waals surface area contributed by atoms with E-state index in [1.165, 1.54) is 24.9 Å². The van der Waals surface area contributed by atoms with Crippen molar-refractivity contribution in [2.24, 2.45) is 5.73 Å². The molecule has 0 aliphatic rings. The van der Waals surface area contributed by atoms with Crippen LogP contribution in [-0.4, -0.2) is 24.4 Å². The average Bonchev–Trinajstić information content (AvgIpc) is 2.41. The number of carbonyl (C=O) groups excluding carboxylic acids is 1. The number of hydrogen-bond donors (Lipinski definition) is 1. The third-order valence-corrected chi connectivity index (χ3v) is 4.01. The molecule has 1 atom stereocenters. The molecule has 3 nitrogen and oxygen atoms in total. The van der Waals surface area contributed by atoms with Gasteiger partial charge in [-0.05, 0) is 43.7 Å². The summed E-state index contributed by atoms with van der Waals surface area (Å²) in [7, 11) is 1.30. The van der Waals surface area contributed by atoms with Crippen LogP contribution in [0.2, 0.25) is 0 Å². The van der Waals surface area contributed by atoms with Crippen molar-refractivity contribution in [1.82, 2.24) is 0 Å². The summed E-state index contributed by atoms with van der Waals surface area (Å²) in [5, 5.41) is 0. The molecular weight excluding hydrogens is 284 g/mol. The SMILES string of the molecule is COC(=O)C(C)(N)CCCCSc1cc(F)ccc1F. The van der Waals surface area contributed by atoms with E-state index in [2.05, 4.69) is 4.74 Å². The minimum atomic E-state index is -0.997. The van der Waals surface area contributed by atoms with Gasteiger partial charge in [0.1, 0.15) is 17.2 Å². The van der Waals surface area contributed by atoms with Crippen LogP contribution in [0.4, 0.5) is 8.78 Å². The van der Waals surface area contributed by atoms with Crippen molar-refractivity contribution < 1.29 is 18.3 Å². The molecule has 0 fully saturated rings. The quantitative estimate of drug-likeness (QED) is 0.478. The number of rotatable bonds is 7.